The van der Waals surface area contributed by atoms with Crippen molar-refractivity contribution in [3.63, 3.8) is 0 Å². The van der Waals surface area contributed by atoms with Crippen LogP contribution in [-0.2, 0) is 13.1 Å². The highest BCUT2D eigenvalue weighted by Gasteiger charge is 2.18. The van der Waals surface area contributed by atoms with Gasteiger partial charge in [0, 0.05) is 10.6 Å². The van der Waals surface area contributed by atoms with Crippen molar-refractivity contribution in [2.75, 3.05) is 0 Å². The number of imidazole rings is 1. The van der Waals surface area contributed by atoms with E-state index in [0.717, 1.165) is 24.9 Å². The molecule has 23 heavy (non-hydrogen) atoms. The van der Waals surface area contributed by atoms with Crippen molar-refractivity contribution in [2.45, 2.75) is 32.9 Å². The van der Waals surface area contributed by atoms with Gasteiger partial charge in [0.05, 0.1) is 6.54 Å². The van der Waals surface area contributed by atoms with Crippen LogP contribution in [0.15, 0.2) is 54.9 Å². The summed E-state index contributed by atoms with van der Waals surface area (Å²) in [6.45, 7) is 3.49. The fourth-order valence-electron chi connectivity index (χ4n) is 2.76. The lowest BCUT2D eigenvalue weighted by Gasteiger charge is -1.99. The lowest BCUT2D eigenvalue weighted by atomic mass is 10.1. The van der Waals surface area contributed by atoms with Gasteiger partial charge in [-0.15, -0.1) is 0 Å². The van der Waals surface area contributed by atoms with Crippen LogP contribution in [0.25, 0.3) is 11.0 Å². The number of rotatable bonds is 6. The van der Waals surface area contributed by atoms with Crippen molar-refractivity contribution in [1.29, 1.82) is 0 Å². The standard InChI is InChI=1S/C19H20ClN2O/c1-2-3-12-21-14-22(18-7-5-4-6-17(18)21)13-19(23)15-8-10-16(20)11-9-15/h4-11,14H,2-3,12-13H2,1H3/q+1. The fourth-order valence-corrected chi connectivity index (χ4v) is 2.88. The van der Waals surface area contributed by atoms with E-state index in [0.29, 0.717) is 17.1 Å². The minimum Gasteiger partial charge on any atom is -0.290 e. The first kappa shape index (κ1) is 15.8. The Hall–Kier alpha value is -2.13. The average Bonchev–Trinajstić information content (AvgIpc) is 2.91. The molecule has 0 atom stereocenters. The van der Waals surface area contributed by atoms with Gasteiger partial charge in [0.2, 0.25) is 12.1 Å². The summed E-state index contributed by atoms with van der Waals surface area (Å²) in [5, 5.41) is 0.644. The third-order valence-corrected chi connectivity index (χ3v) is 4.26. The molecule has 0 bridgehead atoms. The van der Waals surface area contributed by atoms with Crippen molar-refractivity contribution >= 4 is 28.4 Å². The lowest BCUT2D eigenvalue weighted by molar-refractivity contribution is -0.658. The van der Waals surface area contributed by atoms with Crippen LogP contribution in [0.2, 0.25) is 5.02 Å². The number of aromatic nitrogens is 2. The molecule has 0 radical (unpaired) electrons. The number of fused-ring (bicyclic) bond motifs is 1. The van der Waals surface area contributed by atoms with Gasteiger partial charge in [0.25, 0.3) is 0 Å². The molecular formula is C19H20ClN2O+. The third-order valence-electron chi connectivity index (χ3n) is 4.01. The molecule has 118 valence electrons. The number of nitrogens with zero attached hydrogens (tertiary/aromatic N) is 2. The smallest absolute Gasteiger partial charge is 0.245 e. The number of unbranched alkanes of at least 4 members (excludes halogenated alkanes) is 1. The van der Waals surface area contributed by atoms with Crippen LogP contribution in [0.5, 0.6) is 0 Å². The second-order valence-electron chi connectivity index (χ2n) is 5.71. The Kier molecular flexibility index (Phi) is 4.77. The van der Waals surface area contributed by atoms with E-state index in [1.54, 1.807) is 24.3 Å². The number of halogens is 1. The lowest BCUT2D eigenvalue weighted by Crippen LogP contribution is -2.36. The molecule has 0 saturated carbocycles. The van der Waals surface area contributed by atoms with Crippen LogP contribution < -0.4 is 4.57 Å². The molecule has 0 fully saturated rings. The molecule has 0 aliphatic rings. The SMILES string of the molecule is CCCCn1c[n+](CC(=O)c2ccc(Cl)cc2)c2ccccc21. The first-order valence-corrected chi connectivity index (χ1v) is 8.33. The molecule has 1 aromatic heterocycles. The van der Waals surface area contributed by atoms with Gasteiger partial charge in [-0.05, 0) is 42.8 Å². The molecule has 0 spiro atoms. The van der Waals surface area contributed by atoms with Gasteiger partial charge >= 0.3 is 0 Å². The minimum atomic E-state index is 0.0880. The zero-order valence-corrected chi connectivity index (χ0v) is 14.0. The topological polar surface area (TPSA) is 25.9 Å². The molecule has 0 aliphatic heterocycles. The highest BCUT2D eigenvalue weighted by Crippen LogP contribution is 2.13. The van der Waals surface area contributed by atoms with Crippen LogP contribution in [0.3, 0.4) is 0 Å². The number of carbonyl (C=O) groups is 1. The van der Waals surface area contributed by atoms with Gasteiger partial charge in [-0.3, -0.25) is 4.79 Å². The van der Waals surface area contributed by atoms with Crippen molar-refractivity contribution in [2.24, 2.45) is 0 Å². The molecular weight excluding hydrogens is 308 g/mol. The normalized spacial score (nSPS) is 11.0. The maximum Gasteiger partial charge on any atom is 0.245 e. The molecule has 4 heteroatoms. The Morgan fingerprint density at radius 1 is 1.13 bits per heavy atom. The van der Waals surface area contributed by atoms with Crippen molar-refractivity contribution in [3.05, 3.63) is 65.4 Å². The Labute approximate surface area is 141 Å². The van der Waals surface area contributed by atoms with Crippen molar-refractivity contribution in [3.8, 4) is 0 Å². The Bertz CT molecular complexity index is 821. The zero-order chi connectivity index (χ0) is 16.2. The molecule has 0 N–H and O–H groups in total. The second-order valence-corrected chi connectivity index (χ2v) is 6.15. The van der Waals surface area contributed by atoms with E-state index < -0.39 is 0 Å². The average molecular weight is 328 g/mol. The van der Waals surface area contributed by atoms with E-state index in [-0.39, 0.29) is 5.78 Å². The summed E-state index contributed by atoms with van der Waals surface area (Å²) < 4.78 is 4.26. The molecule has 1 heterocycles. The fraction of sp³-hybridized carbons (Fsp3) is 0.263. The highest BCUT2D eigenvalue weighted by atomic mass is 35.5. The van der Waals surface area contributed by atoms with Gasteiger partial charge in [-0.1, -0.05) is 37.1 Å². The van der Waals surface area contributed by atoms with E-state index in [4.69, 9.17) is 11.6 Å². The van der Waals surface area contributed by atoms with Crippen molar-refractivity contribution < 1.29 is 9.36 Å². The van der Waals surface area contributed by atoms with Crippen LogP contribution in [0, 0.1) is 0 Å². The van der Waals surface area contributed by atoms with Crippen LogP contribution >= 0.6 is 11.6 Å². The quantitative estimate of drug-likeness (QED) is 0.490. The monoisotopic (exact) mass is 327 g/mol. The predicted octanol–water partition coefficient (Wildman–Crippen LogP) is 4.27. The van der Waals surface area contributed by atoms with Crippen LogP contribution in [0.4, 0.5) is 0 Å². The van der Waals surface area contributed by atoms with Gasteiger partial charge in [0.1, 0.15) is 0 Å². The summed E-state index contributed by atoms with van der Waals surface area (Å²) in [7, 11) is 0. The number of para-hydroxylation sites is 2. The Balaban J connectivity index is 1.90. The number of hydrogen-bond acceptors (Lipinski definition) is 1. The molecule has 3 aromatic rings. The predicted molar refractivity (Wildman–Crippen MR) is 92.8 cm³/mol. The number of aryl methyl sites for hydroxylation is 1. The number of carbonyl (C=O) groups excluding carboxylic acids is 1. The van der Waals surface area contributed by atoms with Gasteiger partial charge in [-0.25, -0.2) is 9.13 Å². The maximum atomic E-state index is 12.5. The summed E-state index contributed by atoms with van der Waals surface area (Å²) >= 11 is 5.89. The molecule has 0 amide bonds. The molecule has 0 unspecified atom stereocenters. The first-order valence-electron chi connectivity index (χ1n) is 7.95. The summed E-state index contributed by atoms with van der Waals surface area (Å²) in [5.41, 5.74) is 2.95. The second kappa shape index (κ2) is 6.97. The highest BCUT2D eigenvalue weighted by molar-refractivity contribution is 6.30. The van der Waals surface area contributed by atoms with Crippen molar-refractivity contribution in [1.82, 2.24) is 4.57 Å². The number of ketones is 1. The van der Waals surface area contributed by atoms with E-state index in [9.17, 15) is 4.79 Å². The first-order chi connectivity index (χ1) is 11.2. The summed E-state index contributed by atoms with van der Waals surface area (Å²) in [6, 6.07) is 15.3. The summed E-state index contributed by atoms with van der Waals surface area (Å²) in [5.74, 6) is 0.0880. The van der Waals surface area contributed by atoms with E-state index in [1.807, 2.05) is 23.0 Å². The van der Waals surface area contributed by atoms with E-state index in [1.165, 1.54) is 5.52 Å². The minimum absolute atomic E-state index is 0.0880. The molecule has 3 nitrogen and oxygen atoms in total. The van der Waals surface area contributed by atoms with Gasteiger partial charge in [0.15, 0.2) is 17.6 Å². The zero-order valence-electron chi connectivity index (χ0n) is 13.2. The number of Topliss-reactive ketones (excluding diaryl/α,β-unsaturated/α-hetero) is 1. The van der Waals surface area contributed by atoms with Crippen LogP contribution in [0.1, 0.15) is 30.1 Å². The molecule has 0 saturated heterocycles. The Morgan fingerprint density at radius 2 is 1.87 bits per heavy atom. The summed E-state index contributed by atoms with van der Waals surface area (Å²) in [4.78, 5) is 12.5. The maximum absolute atomic E-state index is 12.5. The largest absolute Gasteiger partial charge is 0.290 e. The van der Waals surface area contributed by atoms with Gasteiger partial charge in [-0.2, -0.15) is 0 Å². The van der Waals surface area contributed by atoms with Crippen LogP contribution in [-0.4, -0.2) is 10.4 Å². The molecule has 2 aromatic carbocycles. The number of hydrogen-bond donors (Lipinski definition) is 0. The third kappa shape index (κ3) is 3.45. The van der Waals surface area contributed by atoms with Gasteiger partial charge < -0.3 is 0 Å². The molecule has 0 aliphatic carbocycles. The van der Waals surface area contributed by atoms with E-state index >= 15 is 0 Å². The summed E-state index contributed by atoms with van der Waals surface area (Å²) in [6.07, 6.45) is 4.33. The van der Waals surface area contributed by atoms with E-state index in [2.05, 4.69) is 23.6 Å². The number of benzene rings is 2. The Morgan fingerprint density at radius 3 is 2.61 bits per heavy atom. The molecule has 3 rings (SSSR count).